The second-order valence-electron chi connectivity index (χ2n) is 9.66. The summed E-state index contributed by atoms with van der Waals surface area (Å²) in [5, 5.41) is 15.8. The number of nitrogens with one attached hydrogen (secondary N) is 4. The highest BCUT2D eigenvalue weighted by Crippen LogP contribution is 2.29. The van der Waals surface area contributed by atoms with Crippen LogP contribution in [0, 0.1) is 12.8 Å². The van der Waals surface area contributed by atoms with E-state index in [2.05, 4.69) is 60.8 Å². The standard InChI is InChI=1S/C26H33N5O2S/c1-16(2)15-27-24(32)18-7-11-20(12-8-18)34-21-13-9-19(10-14-21)28-25(33)29-23-17(3)22(30-31-23)26(4,5)6/h7-14,16H,15H2,1-6H3,(H,27,32)(H3,28,29,30,31,33). The third kappa shape index (κ3) is 6.87. The average Bonchev–Trinajstić information content (AvgIpc) is 3.14. The van der Waals surface area contributed by atoms with Crippen LogP contribution >= 0.6 is 11.8 Å². The summed E-state index contributed by atoms with van der Waals surface area (Å²) < 4.78 is 0. The topological polar surface area (TPSA) is 98.9 Å². The highest BCUT2D eigenvalue weighted by molar-refractivity contribution is 7.99. The molecule has 0 aliphatic carbocycles. The number of urea groups is 1. The summed E-state index contributed by atoms with van der Waals surface area (Å²) in [7, 11) is 0. The molecule has 1 aromatic heterocycles. The van der Waals surface area contributed by atoms with E-state index in [4.69, 9.17) is 0 Å². The highest BCUT2D eigenvalue weighted by atomic mass is 32.2. The first-order chi connectivity index (χ1) is 16.0. The van der Waals surface area contributed by atoms with Gasteiger partial charge in [0.1, 0.15) is 5.82 Å². The number of hydrogen-bond acceptors (Lipinski definition) is 4. The molecule has 3 rings (SSSR count). The SMILES string of the molecule is Cc1c(C(C)(C)C)n[nH]c1NC(=O)Nc1ccc(Sc2ccc(C(=O)NCC(C)C)cc2)cc1. The number of aromatic nitrogens is 2. The number of nitrogens with zero attached hydrogens (tertiary/aromatic N) is 1. The van der Waals surface area contributed by atoms with Crippen molar-refractivity contribution in [1.82, 2.24) is 15.5 Å². The van der Waals surface area contributed by atoms with Crippen LogP contribution in [-0.4, -0.2) is 28.7 Å². The van der Waals surface area contributed by atoms with E-state index in [1.807, 2.05) is 55.5 Å². The van der Waals surface area contributed by atoms with Gasteiger partial charge in [-0.15, -0.1) is 0 Å². The fourth-order valence-corrected chi connectivity index (χ4v) is 4.16. The first kappa shape index (κ1) is 25.4. The number of aromatic amines is 1. The van der Waals surface area contributed by atoms with Crippen molar-refractivity contribution in [2.75, 3.05) is 17.2 Å². The summed E-state index contributed by atoms with van der Waals surface area (Å²) >= 11 is 1.59. The van der Waals surface area contributed by atoms with Gasteiger partial charge in [0.05, 0.1) is 5.69 Å². The van der Waals surface area contributed by atoms with Gasteiger partial charge in [-0.05, 0) is 61.4 Å². The predicted octanol–water partition coefficient (Wildman–Crippen LogP) is 6.20. The smallest absolute Gasteiger partial charge is 0.324 e. The molecule has 4 N–H and O–H groups in total. The van der Waals surface area contributed by atoms with E-state index in [9.17, 15) is 9.59 Å². The molecule has 0 aliphatic heterocycles. The van der Waals surface area contributed by atoms with E-state index in [1.54, 1.807) is 11.8 Å². The maximum atomic E-state index is 12.4. The Balaban J connectivity index is 1.54. The van der Waals surface area contributed by atoms with Gasteiger partial charge in [0.2, 0.25) is 0 Å². The number of carbonyl (C=O) groups excluding carboxylic acids is 2. The molecule has 0 atom stereocenters. The quantitative estimate of drug-likeness (QED) is 0.324. The molecule has 2 aromatic carbocycles. The Morgan fingerprint density at radius 1 is 0.971 bits per heavy atom. The Kier molecular flexibility index (Phi) is 8.04. The molecule has 0 aliphatic rings. The maximum absolute atomic E-state index is 12.4. The molecule has 3 aromatic rings. The van der Waals surface area contributed by atoms with E-state index in [1.165, 1.54) is 0 Å². The molecule has 0 bridgehead atoms. The van der Waals surface area contributed by atoms with Crippen molar-refractivity contribution in [2.24, 2.45) is 5.92 Å². The van der Waals surface area contributed by atoms with E-state index >= 15 is 0 Å². The minimum absolute atomic E-state index is 0.0566. The van der Waals surface area contributed by atoms with Gasteiger partial charge in [0, 0.05) is 38.6 Å². The van der Waals surface area contributed by atoms with Crippen LogP contribution in [0.4, 0.5) is 16.3 Å². The van der Waals surface area contributed by atoms with Gasteiger partial charge in [-0.25, -0.2) is 4.79 Å². The van der Waals surface area contributed by atoms with E-state index in [0.717, 1.165) is 21.0 Å². The zero-order valence-electron chi connectivity index (χ0n) is 20.6. The number of H-pyrrole nitrogens is 1. The van der Waals surface area contributed by atoms with Gasteiger partial charge in [0.15, 0.2) is 0 Å². The molecular formula is C26H33N5O2S. The molecule has 3 amide bonds. The fourth-order valence-electron chi connectivity index (χ4n) is 3.34. The summed E-state index contributed by atoms with van der Waals surface area (Å²) in [6, 6.07) is 14.8. The van der Waals surface area contributed by atoms with Crippen LogP contribution in [0.1, 0.15) is 56.2 Å². The highest BCUT2D eigenvalue weighted by Gasteiger charge is 2.22. The van der Waals surface area contributed by atoms with Gasteiger partial charge in [0.25, 0.3) is 5.91 Å². The lowest BCUT2D eigenvalue weighted by Crippen LogP contribution is -2.27. The lowest BCUT2D eigenvalue weighted by molar-refractivity contribution is 0.0949. The Labute approximate surface area is 205 Å². The maximum Gasteiger partial charge on any atom is 0.324 e. The molecule has 7 nitrogen and oxygen atoms in total. The molecular weight excluding hydrogens is 446 g/mol. The van der Waals surface area contributed by atoms with Crippen LogP contribution in [0.25, 0.3) is 0 Å². The third-order valence-electron chi connectivity index (χ3n) is 5.09. The van der Waals surface area contributed by atoms with Crippen molar-refractivity contribution in [2.45, 2.75) is 56.7 Å². The molecule has 0 spiro atoms. The third-order valence-corrected chi connectivity index (χ3v) is 6.11. The van der Waals surface area contributed by atoms with Crippen LogP contribution in [0.5, 0.6) is 0 Å². The van der Waals surface area contributed by atoms with E-state index in [0.29, 0.717) is 29.5 Å². The molecule has 34 heavy (non-hydrogen) atoms. The molecule has 0 radical (unpaired) electrons. The summed E-state index contributed by atoms with van der Waals surface area (Å²) in [5.74, 6) is 0.952. The minimum atomic E-state index is -0.334. The number of hydrogen-bond donors (Lipinski definition) is 4. The summed E-state index contributed by atoms with van der Waals surface area (Å²) in [6.45, 7) is 13.0. The molecule has 0 unspecified atom stereocenters. The number of rotatable bonds is 7. The van der Waals surface area contributed by atoms with Crippen LogP contribution < -0.4 is 16.0 Å². The average molecular weight is 480 g/mol. The summed E-state index contributed by atoms with van der Waals surface area (Å²) in [6.07, 6.45) is 0. The Morgan fingerprint density at radius 3 is 2.09 bits per heavy atom. The van der Waals surface area contributed by atoms with E-state index in [-0.39, 0.29) is 17.4 Å². The second kappa shape index (κ2) is 10.8. The van der Waals surface area contributed by atoms with Crippen molar-refractivity contribution in [3.63, 3.8) is 0 Å². The largest absolute Gasteiger partial charge is 0.352 e. The zero-order valence-corrected chi connectivity index (χ0v) is 21.4. The Hall–Kier alpha value is -3.26. The predicted molar refractivity (Wildman–Crippen MR) is 139 cm³/mol. The first-order valence-corrected chi connectivity index (χ1v) is 12.1. The normalized spacial score (nSPS) is 11.4. The van der Waals surface area contributed by atoms with Crippen molar-refractivity contribution >= 4 is 35.2 Å². The Morgan fingerprint density at radius 2 is 1.56 bits per heavy atom. The summed E-state index contributed by atoms with van der Waals surface area (Å²) in [4.78, 5) is 26.7. The van der Waals surface area contributed by atoms with Crippen LogP contribution in [-0.2, 0) is 5.41 Å². The molecule has 1 heterocycles. The van der Waals surface area contributed by atoms with Crippen molar-refractivity contribution in [3.8, 4) is 0 Å². The first-order valence-electron chi connectivity index (χ1n) is 11.3. The monoisotopic (exact) mass is 479 g/mol. The second-order valence-corrected chi connectivity index (χ2v) is 10.8. The van der Waals surface area contributed by atoms with Gasteiger partial charge in [-0.1, -0.05) is 46.4 Å². The summed E-state index contributed by atoms with van der Waals surface area (Å²) in [5.41, 5.74) is 3.08. The zero-order chi connectivity index (χ0) is 24.9. The molecule has 0 saturated carbocycles. The number of benzene rings is 2. The lowest BCUT2D eigenvalue weighted by Gasteiger charge is -2.16. The van der Waals surface area contributed by atoms with Crippen molar-refractivity contribution in [1.29, 1.82) is 0 Å². The van der Waals surface area contributed by atoms with Gasteiger partial charge < -0.3 is 10.6 Å². The van der Waals surface area contributed by atoms with Gasteiger partial charge in [-0.2, -0.15) is 5.10 Å². The lowest BCUT2D eigenvalue weighted by atomic mass is 9.90. The van der Waals surface area contributed by atoms with Crippen molar-refractivity contribution < 1.29 is 9.59 Å². The van der Waals surface area contributed by atoms with E-state index < -0.39 is 0 Å². The van der Waals surface area contributed by atoms with Crippen molar-refractivity contribution in [3.05, 3.63) is 65.4 Å². The van der Waals surface area contributed by atoms with Crippen LogP contribution in [0.3, 0.4) is 0 Å². The molecule has 8 heteroatoms. The number of anilines is 2. The van der Waals surface area contributed by atoms with Gasteiger partial charge >= 0.3 is 6.03 Å². The number of amides is 3. The molecule has 180 valence electrons. The minimum Gasteiger partial charge on any atom is -0.352 e. The molecule has 0 saturated heterocycles. The van der Waals surface area contributed by atoms with Crippen LogP contribution in [0.2, 0.25) is 0 Å². The Bertz CT molecular complexity index is 1130. The molecule has 0 fully saturated rings. The number of carbonyl (C=O) groups is 2. The fraction of sp³-hybridized carbons (Fsp3) is 0.346. The van der Waals surface area contributed by atoms with Gasteiger partial charge in [-0.3, -0.25) is 15.2 Å². The van der Waals surface area contributed by atoms with Crippen LogP contribution in [0.15, 0.2) is 58.3 Å².